The van der Waals surface area contributed by atoms with Crippen molar-refractivity contribution in [3.63, 3.8) is 0 Å². The molecule has 1 heterocycles. The van der Waals surface area contributed by atoms with Crippen LogP contribution in [0, 0.1) is 18.8 Å². The molecule has 2 rings (SSSR count). The Labute approximate surface area is 128 Å². The fourth-order valence-corrected chi connectivity index (χ4v) is 1.90. The first kappa shape index (κ1) is 15.0. The van der Waals surface area contributed by atoms with Crippen LogP contribution in [0.4, 0.5) is 5.69 Å². The normalized spacial score (nSPS) is 9.67. The lowest BCUT2D eigenvalue weighted by Gasteiger charge is -2.09. The largest absolute Gasteiger partial charge is 0.322 e. The highest BCUT2D eigenvalue weighted by atomic mass is 35.5. The third-order valence-corrected chi connectivity index (χ3v) is 3.26. The van der Waals surface area contributed by atoms with Gasteiger partial charge < -0.3 is 11.1 Å². The predicted molar refractivity (Wildman–Crippen MR) is 84.3 cm³/mol. The number of pyridine rings is 1. The van der Waals surface area contributed by atoms with Crippen molar-refractivity contribution in [2.24, 2.45) is 5.73 Å². The zero-order valence-electron chi connectivity index (χ0n) is 11.5. The lowest BCUT2D eigenvalue weighted by Crippen LogP contribution is -2.13. The molecule has 1 aromatic carbocycles. The maximum Gasteiger partial charge on any atom is 0.257 e. The summed E-state index contributed by atoms with van der Waals surface area (Å²) in [6.45, 7) is 2.11. The Bertz CT molecular complexity index is 732. The number of nitrogens with zero attached hydrogens (tertiary/aromatic N) is 1. The Hall–Kier alpha value is -2.35. The molecule has 0 fully saturated rings. The van der Waals surface area contributed by atoms with Crippen LogP contribution in [0.1, 0.15) is 21.5 Å². The van der Waals surface area contributed by atoms with Crippen molar-refractivity contribution < 1.29 is 4.79 Å². The molecule has 3 N–H and O–H groups in total. The molecule has 0 aliphatic heterocycles. The van der Waals surface area contributed by atoms with Crippen LogP contribution in [0.2, 0.25) is 5.02 Å². The van der Waals surface area contributed by atoms with Crippen LogP contribution in [-0.2, 0) is 0 Å². The summed E-state index contributed by atoms with van der Waals surface area (Å²) in [5.74, 6) is 5.31. The van der Waals surface area contributed by atoms with Gasteiger partial charge in [-0.25, -0.2) is 0 Å². The quantitative estimate of drug-likeness (QED) is 0.838. The molecule has 2 aromatic rings. The summed E-state index contributed by atoms with van der Waals surface area (Å²) in [6, 6.07) is 7.03. The number of benzene rings is 1. The zero-order valence-corrected chi connectivity index (χ0v) is 12.2. The minimum atomic E-state index is -0.260. The van der Waals surface area contributed by atoms with Crippen LogP contribution in [0.15, 0.2) is 36.7 Å². The molecule has 1 amide bonds. The molecule has 21 heavy (non-hydrogen) atoms. The Morgan fingerprint density at radius 1 is 1.43 bits per heavy atom. The van der Waals surface area contributed by atoms with Crippen molar-refractivity contribution in [3.8, 4) is 11.8 Å². The highest BCUT2D eigenvalue weighted by Gasteiger charge is 2.09. The molecule has 0 saturated carbocycles. The van der Waals surface area contributed by atoms with E-state index in [2.05, 4.69) is 22.1 Å². The topological polar surface area (TPSA) is 68.0 Å². The van der Waals surface area contributed by atoms with Crippen LogP contribution in [0.25, 0.3) is 0 Å². The minimum Gasteiger partial charge on any atom is -0.322 e. The first-order valence-electron chi connectivity index (χ1n) is 6.32. The van der Waals surface area contributed by atoms with E-state index in [1.807, 2.05) is 6.92 Å². The average molecular weight is 300 g/mol. The Kier molecular flexibility index (Phi) is 4.94. The van der Waals surface area contributed by atoms with Crippen LogP contribution >= 0.6 is 11.6 Å². The molecule has 0 bridgehead atoms. The van der Waals surface area contributed by atoms with Gasteiger partial charge in [-0.1, -0.05) is 29.5 Å². The van der Waals surface area contributed by atoms with Crippen LogP contribution < -0.4 is 11.1 Å². The van der Waals surface area contributed by atoms with Crippen molar-refractivity contribution in [2.45, 2.75) is 6.92 Å². The molecule has 1 aromatic heterocycles. The number of hydrogen-bond acceptors (Lipinski definition) is 3. The SMILES string of the molecule is Cc1c(Cl)cccc1NC(=O)c1cncc(C#CCN)c1. The van der Waals surface area contributed by atoms with Crippen molar-refractivity contribution >= 4 is 23.2 Å². The van der Waals surface area contributed by atoms with Gasteiger partial charge in [0, 0.05) is 28.7 Å². The molecule has 0 radical (unpaired) electrons. The molecule has 106 valence electrons. The average Bonchev–Trinajstić information content (AvgIpc) is 2.50. The van der Waals surface area contributed by atoms with E-state index >= 15 is 0 Å². The molecule has 0 spiro atoms. The van der Waals surface area contributed by atoms with Gasteiger partial charge in [-0.15, -0.1) is 0 Å². The monoisotopic (exact) mass is 299 g/mol. The van der Waals surface area contributed by atoms with E-state index in [0.29, 0.717) is 21.8 Å². The smallest absolute Gasteiger partial charge is 0.257 e. The molecule has 0 unspecified atom stereocenters. The standard InChI is InChI=1S/C16H14ClN3O/c1-11-14(17)5-2-6-15(11)20-16(21)13-8-12(4-3-7-18)9-19-10-13/h2,5-6,8-10H,7,18H2,1H3,(H,20,21). The van der Waals surface area contributed by atoms with Gasteiger partial charge in [0.05, 0.1) is 12.1 Å². The number of hydrogen-bond donors (Lipinski definition) is 2. The summed E-state index contributed by atoms with van der Waals surface area (Å²) in [5, 5.41) is 3.42. The van der Waals surface area contributed by atoms with E-state index in [4.69, 9.17) is 17.3 Å². The third-order valence-electron chi connectivity index (χ3n) is 2.85. The van der Waals surface area contributed by atoms with Gasteiger partial charge in [0.2, 0.25) is 0 Å². The van der Waals surface area contributed by atoms with Gasteiger partial charge in [0.1, 0.15) is 0 Å². The minimum absolute atomic E-state index is 0.260. The van der Waals surface area contributed by atoms with E-state index in [0.717, 1.165) is 5.56 Å². The molecule has 4 nitrogen and oxygen atoms in total. The third kappa shape index (κ3) is 3.82. The number of carbonyl (C=O) groups excluding carboxylic acids is 1. The summed E-state index contributed by atoms with van der Waals surface area (Å²) in [4.78, 5) is 16.2. The fraction of sp³-hybridized carbons (Fsp3) is 0.125. The number of rotatable bonds is 2. The summed E-state index contributed by atoms with van der Waals surface area (Å²) < 4.78 is 0. The van der Waals surface area contributed by atoms with Crippen molar-refractivity contribution in [1.29, 1.82) is 0 Å². The van der Waals surface area contributed by atoms with Crippen molar-refractivity contribution in [2.75, 3.05) is 11.9 Å². The molecule has 0 aliphatic carbocycles. The Balaban J connectivity index is 2.22. The molecule has 5 heteroatoms. The zero-order chi connectivity index (χ0) is 15.2. The first-order valence-corrected chi connectivity index (χ1v) is 6.70. The number of aromatic nitrogens is 1. The second kappa shape index (κ2) is 6.89. The number of carbonyl (C=O) groups is 1. The second-order valence-electron chi connectivity index (χ2n) is 4.33. The summed E-state index contributed by atoms with van der Waals surface area (Å²) in [6.07, 6.45) is 3.08. The summed E-state index contributed by atoms with van der Waals surface area (Å²) in [7, 11) is 0. The Morgan fingerprint density at radius 2 is 2.24 bits per heavy atom. The number of amides is 1. The molecular formula is C16H14ClN3O. The number of nitrogens with two attached hydrogens (primary N) is 1. The van der Waals surface area contributed by atoms with Crippen LogP contribution in [-0.4, -0.2) is 17.4 Å². The van der Waals surface area contributed by atoms with Crippen molar-refractivity contribution in [3.05, 3.63) is 58.4 Å². The van der Waals surface area contributed by atoms with E-state index < -0.39 is 0 Å². The van der Waals surface area contributed by atoms with Gasteiger partial charge in [0.15, 0.2) is 0 Å². The molecule has 0 saturated heterocycles. The summed E-state index contributed by atoms with van der Waals surface area (Å²) >= 11 is 6.03. The van der Waals surface area contributed by atoms with Crippen LogP contribution in [0.5, 0.6) is 0 Å². The first-order chi connectivity index (χ1) is 10.1. The highest BCUT2D eigenvalue weighted by Crippen LogP contribution is 2.23. The maximum atomic E-state index is 12.2. The Morgan fingerprint density at radius 3 is 3.00 bits per heavy atom. The maximum absolute atomic E-state index is 12.2. The van der Waals surface area contributed by atoms with Gasteiger partial charge in [-0.2, -0.15) is 0 Å². The van der Waals surface area contributed by atoms with Crippen molar-refractivity contribution in [1.82, 2.24) is 4.98 Å². The number of halogens is 1. The predicted octanol–water partition coefficient (Wildman–Crippen LogP) is 2.61. The van der Waals surface area contributed by atoms with E-state index in [1.54, 1.807) is 30.5 Å². The second-order valence-corrected chi connectivity index (χ2v) is 4.74. The van der Waals surface area contributed by atoms with Gasteiger partial charge >= 0.3 is 0 Å². The van der Waals surface area contributed by atoms with Gasteiger partial charge in [-0.3, -0.25) is 9.78 Å². The number of anilines is 1. The van der Waals surface area contributed by atoms with E-state index in [-0.39, 0.29) is 12.5 Å². The van der Waals surface area contributed by atoms with E-state index in [9.17, 15) is 4.79 Å². The van der Waals surface area contributed by atoms with Gasteiger partial charge in [-0.05, 0) is 30.7 Å². The molecule has 0 atom stereocenters. The van der Waals surface area contributed by atoms with Gasteiger partial charge in [0.25, 0.3) is 5.91 Å². The molecular weight excluding hydrogens is 286 g/mol. The van der Waals surface area contributed by atoms with Crippen LogP contribution in [0.3, 0.4) is 0 Å². The number of nitrogens with one attached hydrogen (secondary N) is 1. The fourth-order valence-electron chi connectivity index (χ4n) is 1.72. The highest BCUT2D eigenvalue weighted by molar-refractivity contribution is 6.31. The summed E-state index contributed by atoms with van der Waals surface area (Å²) in [5.41, 5.74) is 7.89. The lowest BCUT2D eigenvalue weighted by molar-refractivity contribution is 0.102. The molecule has 0 aliphatic rings. The van der Waals surface area contributed by atoms with E-state index in [1.165, 1.54) is 6.20 Å². The lowest BCUT2D eigenvalue weighted by atomic mass is 10.1.